The summed E-state index contributed by atoms with van der Waals surface area (Å²) in [7, 11) is 0. The molecular formula is C15H21N3O. The fourth-order valence-corrected chi connectivity index (χ4v) is 5.06. The maximum Gasteiger partial charge on any atom is 0.254 e. The molecule has 1 aromatic heterocycles. The molecule has 0 radical (unpaired) electrons. The van der Waals surface area contributed by atoms with Crippen molar-refractivity contribution >= 4 is 5.91 Å². The maximum absolute atomic E-state index is 12.3. The number of fused-ring (bicyclic) bond motifs is 5. The second kappa shape index (κ2) is 4.09. The van der Waals surface area contributed by atoms with Gasteiger partial charge in [-0.15, -0.1) is 0 Å². The van der Waals surface area contributed by atoms with Crippen LogP contribution < -0.4 is 5.32 Å². The Morgan fingerprint density at radius 3 is 2.95 bits per heavy atom. The summed E-state index contributed by atoms with van der Waals surface area (Å²) in [5.41, 5.74) is 1.56. The molecule has 5 atom stereocenters. The highest BCUT2D eigenvalue weighted by molar-refractivity contribution is 5.95. The van der Waals surface area contributed by atoms with Gasteiger partial charge in [0.1, 0.15) is 0 Å². The van der Waals surface area contributed by atoms with E-state index in [0.29, 0.717) is 11.6 Å². The van der Waals surface area contributed by atoms with E-state index in [1.807, 2.05) is 6.92 Å². The highest BCUT2D eigenvalue weighted by Gasteiger charge is 2.54. The van der Waals surface area contributed by atoms with Crippen LogP contribution in [0.15, 0.2) is 6.20 Å². The molecule has 19 heavy (non-hydrogen) atoms. The molecule has 4 rings (SSSR count). The lowest BCUT2D eigenvalue weighted by atomic mass is 9.79. The zero-order chi connectivity index (χ0) is 13.0. The van der Waals surface area contributed by atoms with Crippen LogP contribution in [-0.4, -0.2) is 22.1 Å². The van der Waals surface area contributed by atoms with E-state index in [1.54, 1.807) is 6.20 Å². The number of nitrogens with one attached hydrogen (secondary N) is 2. The Labute approximate surface area is 113 Å². The Morgan fingerprint density at radius 2 is 2.16 bits per heavy atom. The van der Waals surface area contributed by atoms with Gasteiger partial charge in [-0.1, -0.05) is 6.42 Å². The fraction of sp³-hybridized carbons (Fsp3) is 0.733. The Hall–Kier alpha value is -1.32. The molecule has 0 aromatic carbocycles. The third-order valence-corrected chi connectivity index (χ3v) is 5.82. The minimum Gasteiger partial charge on any atom is -0.349 e. The average molecular weight is 259 g/mol. The first-order valence-electron chi connectivity index (χ1n) is 7.55. The Balaban J connectivity index is 1.48. The number of carbonyl (C=O) groups is 1. The summed E-state index contributed by atoms with van der Waals surface area (Å²) in [6.45, 7) is 1.90. The van der Waals surface area contributed by atoms with Crippen LogP contribution in [0, 0.1) is 30.6 Å². The number of amides is 1. The third-order valence-electron chi connectivity index (χ3n) is 5.82. The number of aryl methyl sites for hydroxylation is 1. The van der Waals surface area contributed by atoms with Gasteiger partial charge in [-0.05, 0) is 56.3 Å². The topological polar surface area (TPSA) is 57.8 Å². The van der Waals surface area contributed by atoms with Crippen LogP contribution >= 0.6 is 0 Å². The van der Waals surface area contributed by atoms with Gasteiger partial charge in [-0.25, -0.2) is 0 Å². The van der Waals surface area contributed by atoms with Crippen molar-refractivity contribution in [1.29, 1.82) is 0 Å². The van der Waals surface area contributed by atoms with E-state index in [0.717, 1.165) is 29.4 Å². The van der Waals surface area contributed by atoms with Crippen LogP contribution in [0.2, 0.25) is 0 Å². The van der Waals surface area contributed by atoms with E-state index < -0.39 is 0 Å². The van der Waals surface area contributed by atoms with Crippen molar-refractivity contribution in [3.63, 3.8) is 0 Å². The smallest absolute Gasteiger partial charge is 0.254 e. The second-order valence-corrected chi connectivity index (χ2v) is 6.64. The first kappa shape index (κ1) is 11.5. The average Bonchev–Trinajstić information content (AvgIpc) is 3.07. The minimum absolute atomic E-state index is 0.0540. The molecule has 102 valence electrons. The summed E-state index contributed by atoms with van der Waals surface area (Å²) in [6.07, 6.45) is 8.43. The zero-order valence-electron chi connectivity index (χ0n) is 11.4. The second-order valence-electron chi connectivity index (χ2n) is 6.64. The van der Waals surface area contributed by atoms with E-state index in [2.05, 4.69) is 15.5 Å². The quantitative estimate of drug-likeness (QED) is 0.856. The highest BCUT2D eigenvalue weighted by atomic mass is 16.1. The van der Waals surface area contributed by atoms with Crippen molar-refractivity contribution in [3.8, 4) is 0 Å². The van der Waals surface area contributed by atoms with Gasteiger partial charge in [0.05, 0.1) is 11.8 Å². The normalized spacial score (nSPS) is 39.5. The van der Waals surface area contributed by atoms with Crippen molar-refractivity contribution in [3.05, 3.63) is 17.5 Å². The molecule has 5 unspecified atom stereocenters. The Morgan fingerprint density at radius 1 is 1.32 bits per heavy atom. The molecule has 4 nitrogen and oxygen atoms in total. The largest absolute Gasteiger partial charge is 0.349 e. The number of hydrogen-bond donors (Lipinski definition) is 2. The van der Waals surface area contributed by atoms with Gasteiger partial charge in [0.2, 0.25) is 0 Å². The van der Waals surface area contributed by atoms with Gasteiger partial charge >= 0.3 is 0 Å². The summed E-state index contributed by atoms with van der Waals surface area (Å²) in [5, 5.41) is 10.0. The molecule has 0 saturated heterocycles. The van der Waals surface area contributed by atoms with Gasteiger partial charge < -0.3 is 5.32 Å². The van der Waals surface area contributed by atoms with Crippen molar-refractivity contribution in [2.75, 3.05) is 0 Å². The molecule has 3 aliphatic rings. The summed E-state index contributed by atoms with van der Waals surface area (Å²) >= 11 is 0. The molecule has 3 fully saturated rings. The first-order valence-corrected chi connectivity index (χ1v) is 7.55. The van der Waals surface area contributed by atoms with Crippen molar-refractivity contribution in [2.24, 2.45) is 23.7 Å². The summed E-state index contributed by atoms with van der Waals surface area (Å²) in [4.78, 5) is 12.3. The lowest BCUT2D eigenvalue weighted by Crippen LogP contribution is -2.42. The standard InChI is InChI=1S/C15H21N3O/c1-8-13(7-16-18-8)15(19)17-14-6-9-5-12(14)11-4-2-3-10(9)11/h7,9-12,14H,2-6H2,1H3,(H,16,18)(H,17,19). The molecule has 3 saturated carbocycles. The van der Waals surface area contributed by atoms with E-state index in [-0.39, 0.29) is 5.91 Å². The van der Waals surface area contributed by atoms with Crippen molar-refractivity contribution < 1.29 is 4.79 Å². The molecule has 0 spiro atoms. The number of hydrogen-bond acceptors (Lipinski definition) is 2. The van der Waals surface area contributed by atoms with E-state index in [1.165, 1.54) is 32.1 Å². The maximum atomic E-state index is 12.3. The van der Waals surface area contributed by atoms with E-state index >= 15 is 0 Å². The van der Waals surface area contributed by atoms with Crippen molar-refractivity contribution in [2.45, 2.75) is 45.1 Å². The number of aromatic nitrogens is 2. The molecule has 2 bridgehead atoms. The van der Waals surface area contributed by atoms with Gasteiger partial charge in [0.15, 0.2) is 0 Å². The van der Waals surface area contributed by atoms with Crippen LogP contribution in [0.3, 0.4) is 0 Å². The van der Waals surface area contributed by atoms with Crippen LogP contribution in [0.5, 0.6) is 0 Å². The summed E-state index contributed by atoms with van der Waals surface area (Å²) < 4.78 is 0. The highest BCUT2D eigenvalue weighted by Crippen LogP contribution is 2.58. The Kier molecular flexibility index (Phi) is 2.47. The van der Waals surface area contributed by atoms with Gasteiger partial charge in [0.25, 0.3) is 5.91 Å². The molecule has 1 aromatic rings. The molecule has 4 heteroatoms. The Bertz CT molecular complexity index is 509. The van der Waals surface area contributed by atoms with Gasteiger partial charge in [0, 0.05) is 11.7 Å². The molecule has 1 amide bonds. The predicted octanol–water partition coefficient (Wildman–Crippen LogP) is 2.27. The molecule has 2 N–H and O–H groups in total. The van der Waals surface area contributed by atoms with Crippen molar-refractivity contribution in [1.82, 2.24) is 15.5 Å². The number of H-pyrrole nitrogens is 1. The third kappa shape index (κ3) is 1.65. The number of aromatic amines is 1. The molecule has 3 aliphatic carbocycles. The fourth-order valence-electron chi connectivity index (χ4n) is 5.06. The van der Waals surface area contributed by atoms with Gasteiger partial charge in [-0.2, -0.15) is 5.10 Å². The van der Waals surface area contributed by atoms with Crippen LogP contribution in [0.4, 0.5) is 0 Å². The van der Waals surface area contributed by atoms with Gasteiger partial charge in [-0.3, -0.25) is 9.89 Å². The van der Waals surface area contributed by atoms with E-state index in [4.69, 9.17) is 0 Å². The first-order chi connectivity index (χ1) is 9.24. The minimum atomic E-state index is 0.0540. The SMILES string of the molecule is Cc1[nH]ncc1C(=O)NC1CC2CC1C1CCCC21. The van der Waals surface area contributed by atoms with Crippen LogP contribution in [0.25, 0.3) is 0 Å². The van der Waals surface area contributed by atoms with E-state index in [9.17, 15) is 4.79 Å². The van der Waals surface area contributed by atoms with Crippen LogP contribution in [-0.2, 0) is 0 Å². The number of rotatable bonds is 2. The predicted molar refractivity (Wildman–Crippen MR) is 71.6 cm³/mol. The molecular weight excluding hydrogens is 238 g/mol. The lowest BCUT2D eigenvalue weighted by molar-refractivity contribution is 0.0900. The molecule has 0 aliphatic heterocycles. The number of carbonyl (C=O) groups excluding carboxylic acids is 1. The lowest BCUT2D eigenvalue weighted by Gasteiger charge is -2.32. The molecule has 1 heterocycles. The summed E-state index contributed by atoms with van der Waals surface area (Å²) in [5.74, 6) is 3.56. The number of nitrogens with zero attached hydrogens (tertiary/aromatic N) is 1. The zero-order valence-corrected chi connectivity index (χ0v) is 11.4. The van der Waals surface area contributed by atoms with Crippen LogP contribution in [0.1, 0.15) is 48.2 Å². The monoisotopic (exact) mass is 259 g/mol. The summed E-state index contributed by atoms with van der Waals surface area (Å²) in [6, 6.07) is 0.408.